The lowest BCUT2D eigenvalue weighted by Gasteiger charge is -2.37. The number of carbonyl (C=O) groups is 2. The number of piperazine rings is 1. The second kappa shape index (κ2) is 13.0. The first kappa shape index (κ1) is 31.8. The summed E-state index contributed by atoms with van der Waals surface area (Å²) in [6.45, 7) is 7.66. The number of aryl methyl sites for hydroxylation is 1. The predicted molar refractivity (Wildman–Crippen MR) is 187 cm³/mol. The van der Waals surface area contributed by atoms with E-state index in [0.717, 1.165) is 25.1 Å². The Balaban J connectivity index is 1.12. The number of hydrogen-bond acceptors (Lipinski definition) is 7. The molecule has 1 aliphatic carbocycles. The van der Waals surface area contributed by atoms with Crippen molar-refractivity contribution in [3.63, 3.8) is 0 Å². The van der Waals surface area contributed by atoms with Gasteiger partial charge in [-0.05, 0) is 86.6 Å². The smallest absolute Gasteiger partial charge is 0.293 e. The number of amides is 2. The van der Waals surface area contributed by atoms with E-state index in [-0.39, 0.29) is 29.8 Å². The van der Waals surface area contributed by atoms with Gasteiger partial charge in [0.25, 0.3) is 17.4 Å². The monoisotopic (exact) mass is 646 g/mol. The highest BCUT2D eigenvalue weighted by atomic mass is 16.3. The Morgan fingerprint density at radius 2 is 1.71 bits per heavy atom. The number of carbonyl (C=O) groups excluding carboxylic acids is 2. The number of aliphatic hydroxyl groups excluding tert-OH is 1. The van der Waals surface area contributed by atoms with E-state index < -0.39 is 0 Å². The first-order valence-corrected chi connectivity index (χ1v) is 16.9. The predicted octanol–water partition coefficient (Wildman–Crippen LogP) is 4.93. The second-order valence-corrected chi connectivity index (χ2v) is 13.4. The minimum absolute atomic E-state index is 0.00362. The molecule has 3 heterocycles. The number of aliphatic hydroxyl groups is 1. The zero-order chi connectivity index (χ0) is 33.5. The summed E-state index contributed by atoms with van der Waals surface area (Å²) in [4.78, 5) is 50.7. The van der Waals surface area contributed by atoms with Crippen molar-refractivity contribution in [2.45, 2.75) is 51.7 Å². The number of nitrogens with zero attached hydrogens (tertiary/aromatic N) is 5. The van der Waals surface area contributed by atoms with Gasteiger partial charge in [0, 0.05) is 80.0 Å². The summed E-state index contributed by atoms with van der Waals surface area (Å²) in [6, 6.07) is 19.3. The fourth-order valence-corrected chi connectivity index (χ4v) is 6.92. The van der Waals surface area contributed by atoms with Gasteiger partial charge >= 0.3 is 0 Å². The molecule has 10 heteroatoms. The number of benzene rings is 3. The van der Waals surface area contributed by atoms with Crippen molar-refractivity contribution in [3.05, 3.63) is 105 Å². The van der Waals surface area contributed by atoms with E-state index in [9.17, 15) is 19.5 Å². The van der Waals surface area contributed by atoms with Crippen LogP contribution in [0.2, 0.25) is 0 Å². The van der Waals surface area contributed by atoms with Crippen molar-refractivity contribution >= 4 is 29.0 Å². The number of hydrogen-bond donors (Lipinski definition) is 2. The maximum absolute atomic E-state index is 13.7. The topological polar surface area (TPSA) is 111 Å². The Kier molecular flexibility index (Phi) is 8.61. The molecule has 3 aromatic carbocycles. The van der Waals surface area contributed by atoms with Crippen LogP contribution in [0.25, 0.3) is 11.3 Å². The normalized spacial score (nSPS) is 16.7. The van der Waals surface area contributed by atoms with Gasteiger partial charge in [-0.25, -0.2) is 4.98 Å². The minimum Gasteiger partial charge on any atom is -0.392 e. The highest BCUT2D eigenvalue weighted by molar-refractivity contribution is 6.09. The zero-order valence-electron chi connectivity index (χ0n) is 27.8. The number of fused-ring (bicyclic) bond motifs is 1. The number of nitrogens with one attached hydrogen (secondary N) is 1. The van der Waals surface area contributed by atoms with Crippen LogP contribution in [0.1, 0.15) is 70.0 Å². The van der Waals surface area contributed by atoms with Gasteiger partial charge in [0.2, 0.25) is 0 Å². The summed E-state index contributed by atoms with van der Waals surface area (Å²) < 4.78 is 1.45. The van der Waals surface area contributed by atoms with Crippen molar-refractivity contribution in [1.82, 2.24) is 19.4 Å². The summed E-state index contributed by atoms with van der Waals surface area (Å²) >= 11 is 0. The van der Waals surface area contributed by atoms with E-state index in [4.69, 9.17) is 4.98 Å². The molecule has 2 fully saturated rings. The van der Waals surface area contributed by atoms with Gasteiger partial charge in [-0.1, -0.05) is 24.3 Å². The summed E-state index contributed by atoms with van der Waals surface area (Å²) in [5.74, 6) is 0.652. The molecular formula is C38H42N6O4. The van der Waals surface area contributed by atoms with Gasteiger partial charge < -0.3 is 24.8 Å². The molecule has 1 aromatic heterocycles. The average molecular weight is 647 g/mol. The van der Waals surface area contributed by atoms with Gasteiger partial charge in [0.15, 0.2) is 5.82 Å². The number of anilines is 3. The van der Waals surface area contributed by atoms with E-state index in [0.29, 0.717) is 70.9 Å². The van der Waals surface area contributed by atoms with Gasteiger partial charge in [-0.3, -0.25) is 19.3 Å². The lowest BCUT2D eigenvalue weighted by molar-refractivity contribution is 0.0595. The molecule has 0 unspecified atom stereocenters. The molecule has 2 N–H and O–H groups in total. The van der Waals surface area contributed by atoms with Crippen LogP contribution in [0.4, 0.5) is 17.2 Å². The molecule has 2 aliphatic heterocycles. The Bertz CT molecular complexity index is 1920. The molecule has 0 radical (unpaired) electrons. The van der Waals surface area contributed by atoms with E-state index in [2.05, 4.69) is 36.2 Å². The molecule has 10 nitrogen and oxygen atoms in total. The summed E-state index contributed by atoms with van der Waals surface area (Å²) in [5.41, 5.74) is 6.31. The Morgan fingerprint density at radius 1 is 0.958 bits per heavy atom. The SMILES string of the molecule is CC(C)N1CCN(C(=O)c2ccc(Nc3nc(-c4cccc(N5CCc6cc(C7CC7)ccc6C5=O)c4CO)cn(C)c3=O)cc2)CC1. The minimum atomic E-state index is -0.322. The molecule has 0 atom stereocenters. The van der Waals surface area contributed by atoms with Crippen LogP contribution in [0, 0.1) is 0 Å². The fraction of sp³-hybridized carbons (Fsp3) is 0.368. The summed E-state index contributed by atoms with van der Waals surface area (Å²) in [7, 11) is 1.66. The molecule has 4 aromatic rings. The molecule has 1 saturated heterocycles. The molecule has 2 amide bonds. The van der Waals surface area contributed by atoms with Gasteiger partial charge in [-0.15, -0.1) is 0 Å². The maximum Gasteiger partial charge on any atom is 0.293 e. The van der Waals surface area contributed by atoms with Crippen LogP contribution in [0.5, 0.6) is 0 Å². The third-order valence-corrected chi connectivity index (χ3v) is 9.93. The Labute approximate surface area is 280 Å². The van der Waals surface area contributed by atoms with Crippen molar-refractivity contribution in [3.8, 4) is 11.3 Å². The van der Waals surface area contributed by atoms with E-state index in [1.54, 1.807) is 42.4 Å². The van der Waals surface area contributed by atoms with Crippen LogP contribution in [0.15, 0.2) is 71.7 Å². The highest BCUT2D eigenvalue weighted by Crippen LogP contribution is 2.41. The molecule has 0 bridgehead atoms. The van der Waals surface area contributed by atoms with Crippen LogP contribution >= 0.6 is 0 Å². The molecule has 0 spiro atoms. The molecule has 3 aliphatic rings. The van der Waals surface area contributed by atoms with Crippen LogP contribution in [-0.4, -0.2) is 75.0 Å². The molecule has 7 rings (SSSR count). The third-order valence-electron chi connectivity index (χ3n) is 9.93. The Hall–Kier alpha value is -4.80. The Morgan fingerprint density at radius 3 is 2.40 bits per heavy atom. The zero-order valence-corrected chi connectivity index (χ0v) is 27.8. The van der Waals surface area contributed by atoms with E-state index in [1.165, 1.54) is 23.0 Å². The summed E-state index contributed by atoms with van der Waals surface area (Å²) in [5, 5.41) is 13.8. The number of aromatic nitrogens is 2. The van der Waals surface area contributed by atoms with Gasteiger partial charge in [0.1, 0.15) is 0 Å². The molecular weight excluding hydrogens is 604 g/mol. The van der Waals surface area contributed by atoms with Crippen molar-refractivity contribution in [2.75, 3.05) is 42.9 Å². The van der Waals surface area contributed by atoms with Crippen molar-refractivity contribution in [2.24, 2.45) is 7.05 Å². The fourth-order valence-electron chi connectivity index (χ4n) is 6.92. The van der Waals surface area contributed by atoms with Gasteiger partial charge in [0.05, 0.1) is 18.0 Å². The van der Waals surface area contributed by atoms with E-state index >= 15 is 0 Å². The molecule has 248 valence electrons. The molecule has 1 saturated carbocycles. The standard InChI is InChI=1S/C38H42N6O4/c1-24(2)42-17-19-43(20-18-42)36(46)26-9-12-29(13-10-26)39-35-38(48)41(3)22-33(40-35)31-5-4-6-34(32(31)23-45)44-16-15-28-21-27(25-7-8-25)11-14-30(28)37(44)47/h4-6,9-14,21-22,24-25,45H,7-8,15-20,23H2,1-3H3,(H,39,40). The lowest BCUT2D eigenvalue weighted by atomic mass is 9.93. The third kappa shape index (κ3) is 6.13. The van der Waals surface area contributed by atoms with Crippen LogP contribution in [0.3, 0.4) is 0 Å². The van der Waals surface area contributed by atoms with E-state index in [1.807, 2.05) is 29.2 Å². The lowest BCUT2D eigenvalue weighted by Crippen LogP contribution is -2.50. The van der Waals surface area contributed by atoms with Crippen molar-refractivity contribution in [1.29, 1.82) is 0 Å². The van der Waals surface area contributed by atoms with Crippen molar-refractivity contribution < 1.29 is 14.7 Å². The molecule has 48 heavy (non-hydrogen) atoms. The average Bonchev–Trinajstić information content (AvgIpc) is 3.96. The summed E-state index contributed by atoms with van der Waals surface area (Å²) in [6.07, 6.45) is 4.80. The largest absolute Gasteiger partial charge is 0.392 e. The number of rotatable bonds is 8. The van der Waals surface area contributed by atoms with Crippen LogP contribution in [-0.2, 0) is 20.1 Å². The highest BCUT2D eigenvalue weighted by Gasteiger charge is 2.31. The van der Waals surface area contributed by atoms with Gasteiger partial charge in [-0.2, -0.15) is 0 Å². The maximum atomic E-state index is 13.7. The second-order valence-electron chi connectivity index (χ2n) is 13.4. The first-order chi connectivity index (χ1) is 23.2. The quantitative estimate of drug-likeness (QED) is 0.279. The first-order valence-electron chi connectivity index (χ1n) is 16.9. The van der Waals surface area contributed by atoms with Crippen LogP contribution < -0.4 is 15.8 Å².